The van der Waals surface area contributed by atoms with E-state index in [1.807, 2.05) is 13.8 Å². The van der Waals surface area contributed by atoms with E-state index >= 15 is 4.39 Å². The van der Waals surface area contributed by atoms with Gasteiger partial charge in [-0.25, -0.2) is 31.3 Å². The minimum absolute atomic E-state index is 0.0319. The number of aryl methyl sites for hydroxylation is 1. The van der Waals surface area contributed by atoms with Crippen LogP contribution in [0.3, 0.4) is 0 Å². The van der Waals surface area contributed by atoms with Crippen LogP contribution < -0.4 is 10.3 Å². The molecule has 0 unspecified atom stereocenters. The van der Waals surface area contributed by atoms with Gasteiger partial charge in [-0.15, -0.1) is 0 Å². The van der Waals surface area contributed by atoms with Gasteiger partial charge in [0.25, 0.3) is 5.56 Å². The summed E-state index contributed by atoms with van der Waals surface area (Å²) in [5.41, 5.74) is 0.412. The molecule has 186 valence electrons. The van der Waals surface area contributed by atoms with E-state index < -0.39 is 39.4 Å². The molecule has 1 aromatic heterocycles. The minimum Gasteiger partial charge on any atom is -0.296 e. The summed E-state index contributed by atoms with van der Waals surface area (Å²) < 4.78 is 72.1. The maximum atomic E-state index is 15.6. The Kier molecular flexibility index (Phi) is 6.88. The van der Waals surface area contributed by atoms with Crippen LogP contribution in [0.5, 0.6) is 0 Å². The molecular formula is C25H26F3N3O3S. The van der Waals surface area contributed by atoms with Crippen molar-refractivity contribution in [3.05, 3.63) is 87.4 Å². The maximum absolute atomic E-state index is 15.6. The Hall–Kier alpha value is -2.98. The Morgan fingerprint density at radius 3 is 2.40 bits per heavy atom. The summed E-state index contributed by atoms with van der Waals surface area (Å²) in [6.07, 6.45) is 3.24. The lowest BCUT2D eigenvalue weighted by Crippen LogP contribution is -2.45. The van der Waals surface area contributed by atoms with Crippen molar-refractivity contribution in [1.82, 2.24) is 14.3 Å². The van der Waals surface area contributed by atoms with E-state index in [1.165, 1.54) is 41.2 Å². The minimum atomic E-state index is -3.63. The second-order valence-electron chi connectivity index (χ2n) is 9.14. The van der Waals surface area contributed by atoms with Gasteiger partial charge < -0.3 is 0 Å². The van der Waals surface area contributed by atoms with E-state index in [4.69, 9.17) is 0 Å². The van der Waals surface area contributed by atoms with Crippen LogP contribution in [0, 0.1) is 17.5 Å². The average Bonchev–Trinajstić information content (AvgIpc) is 2.77. The number of fused-ring (bicyclic) bond motifs is 1. The Bertz CT molecular complexity index is 1440. The van der Waals surface area contributed by atoms with E-state index in [9.17, 15) is 22.0 Å². The van der Waals surface area contributed by atoms with Crippen LogP contribution >= 0.6 is 0 Å². The maximum Gasteiger partial charge on any atom is 0.257 e. The van der Waals surface area contributed by atoms with Gasteiger partial charge >= 0.3 is 0 Å². The molecule has 1 N–H and O–H groups in total. The van der Waals surface area contributed by atoms with Gasteiger partial charge in [0.1, 0.15) is 5.82 Å². The van der Waals surface area contributed by atoms with Crippen LogP contribution in [0.1, 0.15) is 49.0 Å². The molecule has 0 fully saturated rings. The molecule has 0 saturated heterocycles. The van der Waals surface area contributed by atoms with Crippen LogP contribution in [0.25, 0.3) is 11.1 Å². The molecule has 0 spiro atoms. The van der Waals surface area contributed by atoms with Crippen molar-refractivity contribution >= 4 is 10.0 Å². The van der Waals surface area contributed by atoms with Gasteiger partial charge in [0.2, 0.25) is 10.0 Å². The van der Waals surface area contributed by atoms with Gasteiger partial charge in [-0.2, -0.15) is 0 Å². The van der Waals surface area contributed by atoms with Gasteiger partial charge in [0.15, 0.2) is 11.6 Å². The largest absolute Gasteiger partial charge is 0.296 e. The van der Waals surface area contributed by atoms with Crippen molar-refractivity contribution in [1.29, 1.82) is 0 Å². The molecule has 35 heavy (non-hydrogen) atoms. The molecule has 6 nitrogen and oxygen atoms in total. The summed E-state index contributed by atoms with van der Waals surface area (Å²) in [7, 11) is -3.63. The summed E-state index contributed by atoms with van der Waals surface area (Å²) >= 11 is 0. The molecular weight excluding hydrogens is 479 g/mol. The summed E-state index contributed by atoms with van der Waals surface area (Å²) in [4.78, 5) is 17.8. The van der Waals surface area contributed by atoms with Crippen LogP contribution in [-0.4, -0.2) is 30.3 Å². The number of halogens is 3. The summed E-state index contributed by atoms with van der Waals surface area (Å²) in [5.74, 6) is -3.71. The van der Waals surface area contributed by atoms with Gasteiger partial charge in [-0.05, 0) is 44.7 Å². The van der Waals surface area contributed by atoms with E-state index in [2.05, 4.69) is 9.71 Å². The number of nitrogens with one attached hydrogen (secondary N) is 1. The van der Waals surface area contributed by atoms with Gasteiger partial charge in [-0.1, -0.05) is 30.3 Å². The van der Waals surface area contributed by atoms with E-state index in [1.54, 1.807) is 0 Å². The van der Waals surface area contributed by atoms with E-state index in [0.29, 0.717) is 24.1 Å². The van der Waals surface area contributed by atoms with E-state index in [-0.39, 0.29) is 34.7 Å². The Labute approximate surface area is 201 Å². The summed E-state index contributed by atoms with van der Waals surface area (Å²) in [6.45, 7) is 3.66. The molecule has 1 aliphatic rings. The zero-order valence-electron chi connectivity index (χ0n) is 19.6. The number of aromatic nitrogens is 2. The highest BCUT2D eigenvalue weighted by atomic mass is 32.2. The van der Waals surface area contributed by atoms with Crippen molar-refractivity contribution in [2.45, 2.75) is 51.1 Å². The lowest BCUT2D eigenvalue weighted by Gasteiger charge is -2.33. The predicted molar refractivity (Wildman–Crippen MR) is 127 cm³/mol. The van der Waals surface area contributed by atoms with Gasteiger partial charge in [-0.3, -0.25) is 9.36 Å². The Morgan fingerprint density at radius 1 is 1.09 bits per heavy atom. The molecule has 1 heterocycles. The third kappa shape index (κ3) is 5.04. The van der Waals surface area contributed by atoms with E-state index in [0.717, 1.165) is 12.3 Å². The highest BCUT2D eigenvalue weighted by Gasteiger charge is 2.36. The SMILES string of the molecule is CC(C)n1cnc2c(c1=O)[C@@H](Cc1cccc(-c3cccc(F)c3F)c1F)[C@@H](NS(C)(=O)=O)CC2. The number of hydrogen-bond donors (Lipinski definition) is 1. The monoisotopic (exact) mass is 505 g/mol. The molecule has 1 aliphatic carbocycles. The van der Waals surface area contributed by atoms with Crippen molar-refractivity contribution in [3.8, 4) is 11.1 Å². The number of hydrogen-bond acceptors (Lipinski definition) is 4. The normalized spacial score (nSPS) is 18.0. The predicted octanol–water partition coefficient (Wildman–Crippen LogP) is 4.10. The van der Waals surface area contributed by atoms with Crippen molar-refractivity contribution in [3.63, 3.8) is 0 Å². The number of rotatable bonds is 6. The molecule has 0 amide bonds. The highest BCUT2D eigenvalue weighted by molar-refractivity contribution is 7.88. The molecule has 3 aromatic rings. The fourth-order valence-corrected chi connectivity index (χ4v) is 5.54. The van der Waals surface area contributed by atoms with Crippen molar-refractivity contribution in [2.24, 2.45) is 0 Å². The second-order valence-corrected chi connectivity index (χ2v) is 10.9. The lowest BCUT2D eigenvalue weighted by atomic mass is 9.78. The Balaban J connectivity index is 1.84. The number of sulfonamides is 1. The zero-order chi connectivity index (χ0) is 25.5. The first-order valence-corrected chi connectivity index (χ1v) is 13.2. The standard InChI is InChI=1S/C25H26F3N3O3S/c1-14(2)31-13-29-21-11-10-20(30-35(3,33)34)18(22(21)25(31)32)12-15-6-4-7-16(23(15)27)17-8-5-9-19(26)24(17)28/h4-9,13-14,18,20,30H,10-12H2,1-3H3/t18-,20-/m0/s1. The third-order valence-corrected chi connectivity index (χ3v) is 7.08. The van der Waals surface area contributed by atoms with Gasteiger partial charge in [0, 0.05) is 34.7 Å². The molecule has 10 heteroatoms. The average molecular weight is 506 g/mol. The first-order chi connectivity index (χ1) is 16.5. The van der Waals surface area contributed by atoms with Crippen molar-refractivity contribution < 1.29 is 21.6 Å². The molecule has 0 aliphatic heterocycles. The summed E-state index contributed by atoms with van der Waals surface area (Å²) in [5, 5.41) is 0. The smallest absolute Gasteiger partial charge is 0.257 e. The molecule has 2 aromatic carbocycles. The van der Waals surface area contributed by atoms with Crippen LogP contribution in [0.4, 0.5) is 13.2 Å². The highest BCUT2D eigenvalue weighted by Crippen LogP contribution is 2.35. The second kappa shape index (κ2) is 9.58. The quantitative estimate of drug-likeness (QED) is 0.547. The first-order valence-electron chi connectivity index (χ1n) is 11.3. The van der Waals surface area contributed by atoms with Crippen LogP contribution in [-0.2, 0) is 22.9 Å². The molecule has 4 rings (SSSR count). The fraction of sp³-hybridized carbons (Fsp3) is 0.360. The van der Waals surface area contributed by atoms with Gasteiger partial charge in [0.05, 0.1) is 18.3 Å². The first kappa shape index (κ1) is 25.1. The zero-order valence-corrected chi connectivity index (χ0v) is 20.4. The fourth-order valence-electron chi connectivity index (χ4n) is 4.71. The topological polar surface area (TPSA) is 81.1 Å². The van der Waals surface area contributed by atoms with Crippen molar-refractivity contribution in [2.75, 3.05) is 6.26 Å². The third-order valence-electron chi connectivity index (χ3n) is 6.34. The summed E-state index contributed by atoms with van der Waals surface area (Å²) in [6, 6.07) is 7.07. The van der Waals surface area contributed by atoms with Crippen LogP contribution in [0.15, 0.2) is 47.5 Å². The molecule has 0 bridgehead atoms. The molecule has 0 radical (unpaired) electrons. The number of nitrogens with zero attached hydrogens (tertiary/aromatic N) is 2. The number of benzene rings is 2. The molecule has 2 atom stereocenters. The van der Waals surface area contributed by atoms with Crippen LogP contribution in [0.2, 0.25) is 0 Å². The molecule has 0 saturated carbocycles. The lowest BCUT2D eigenvalue weighted by molar-refractivity contribution is 0.409. The Morgan fingerprint density at radius 2 is 1.74 bits per heavy atom.